The second kappa shape index (κ2) is 3.65. The number of aromatic amines is 1. The molecule has 0 fully saturated rings. The molecule has 0 amide bonds. The van der Waals surface area contributed by atoms with Crippen molar-refractivity contribution in [1.29, 1.82) is 0 Å². The first-order valence-corrected chi connectivity index (χ1v) is 5.90. The highest BCUT2D eigenvalue weighted by molar-refractivity contribution is 7.89. The van der Waals surface area contributed by atoms with Gasteiger partial charge in [-0.2, -0.15) is 10.1 Å². The molecule has 0 aromatic carbocycles. The third-order valence-electron chi connectivity index (χ3n) is 1.96. The molecule has 0 spiro atoms. The van der Waals surface area contributed by atoms with Crippen molar-refractivity contribution >= 4 is 10.0 Å². The number of aromatic nitrogens is 4. The Hall–Kier alpha value is -1.80. The molecular formula is C8H9N5O2S. The van der Waals surface area contributed by atoms with Crippen molar-refractivity contribution in [1.82, 2.24) is 20.2 Å². The lowest BCUT2D eigenvalue weighted by Gasteiger charge is -1.97. The van der Waals surface area contributed by atoms with Crippen LogP contribution in [-0.2, 0) is 10.0 Å². The van der Waals surface area contributed by atoms with Gasteiger partial charge in [0.25, 0.3) is 15.2 Å². The summed E-state index contributed by atoms with van der Waals surface area (Å²) in [5, 5.41) is 10.5. The van der Waals surface area contributed by atoms with E-state index in [1.807, 2.05) is 13.0 Å². The van der Waals surface area contributed by atoms with Gasteiger partial charge in [-0.15, -0.1) is 0 Å². The highest BCUT2D eigenvalue weighted by Gasteiger charge is 2.16. The Labute approximate surface area is 91.8 Å². The van der Waals surface area contributed by atoms with Crippen LogP contribution in [0.2, 0.25) is 0 Å². The minimum atomic E-state index is -3.86. The lowest BCUT2D eigenvalue weighted by molar-refractivity contribution is 0.589. The van der Waals surface area contributed by atoms with Gasteiger partial charge in [0.2, 0.25) is 5.82 Å². The number of nitrogens with two attached hydrogens (primary N) is 1. The van der Waals surface area contributed by atoms with Crippen molar-refractivity contribution in [2.24, 2.45) is 5.14 Å². The first-order valence-electron chi connectivity index (χ1n) is 4.35. The Morgan fingerprint density at radius 1 is 1.44 bits per heavy atom. The fourth-order valence-corrected chi connectivity index (χ4v) is 1.59. The molecule has 0 aliphatic heterocycles. The van der Waals surface area contributed by atoms with Gasteiger partial charge in [-0.05, 0) is 18.6 Å². The van der Waals surface area contributed by atoms with Crippen molar-refractivity contribution in [2.45, 2.75) is 12.1 Å². The standard InChI is InChI=1S/C8H9N5O2S/c1-5-3-2-4-10-6(5)7-11-8(13-12-7)16(9,14)15/h2-4H,1H3,(H2,9,14,15)(H,11,12,13). The number of rotatable bonds is 2. The molecule has 0 unspecified atom stereocenters. The molecular weight excluding hydrogens is 230 g/mol. The lowest BCUT2D eigenvalue weighted by Crippen LogP contribution is -2.13. The molecule has 0 saturated carbocycles. The van der Waals surface area contributed by atoms with E-state index in [0.29, 0.717) is 5.69 Å². The first-order chi connectivity index (χ1) is 7.48. The van der Waals surface area contributed by atoms with Crippen molar-refractivity contribution in [3.8, 4) is 11.5 Å². The fourth-order valence-electron chi connectivity index (χ4n) is 1.20. The van der Waals surface area contributed by atoms with Crippen molar-refractivity contribution in [3.05, 3.63) is 23.9 Å². The third-order valence-corrected chi connectivity index (χ3v) is 2.68. The number of hydrogen-bond donors (Lipinski definition) is 2. The maximum atomic E-state index is 11.0. The van der Waals surface area contributed by atoms with Gasteiger partial charge < -0.3 is 0 Å². The summed E-state index contributed by atoms with van der Waals surface area (Å²) in [4.78, 5) is 7.83. The molecule has 2 aromatic heterocycles. The van der Waals surface area contributed by atoms with E-state index >= 15 is 0 Å². The topological polar surface area (TPSA) is 115 Å². The number of nitrogens with zero attached hydrogens (tertiary/aromatic N) is 3. The maximum Gasteiger partial charge on any atom is 0.273 e. The molecule has 0 radical (unpaired) electrons. The molecule has 0 saturated heterocycles. The van der Waals surface area contributed by atoms with Crippen molar-refractivity contribution in [2.75, 3.05) is 0 Å². The van der Waals surface area contributed by atoms with Crippen molar-refractivity contribution < 1.29 is 8.42 Å². The average molecular weight is 239 g/mol. The number of sulfonamides is 1. The van der Waals surface area contributed by atoms with Gasteiger partial charge in [0.05, 0.1) is 0 Å². The number of H-pyrrole nitrogens is 1. The van der Waals surface area contributed by atoms with Gasteiger partial charge in [-0.3, -0.25) is 4.98 Å². The normalized spacial score (nSPS) is 11.6. The molecule has 0 atom stereocenters. The molecule has 0 bridgehead atoms. The predicted molar refractivity (Wildman–Crippen MR) is 55.7 cm³/mol. The second-order valence-electron chi connectivity index (χ2n) is 3.18. The van der Waals surface area contributed by atoms with Crippen LogP contribution in [0.4, 0.5) is 0 Å². The SMILES string of the molecule is Cc1cccnc1-c1n[nH]c(S(N)(=O)=O)n1. The summed E-state index contributed by atoms with van der Waals surface area (Å²) in [7, 11) is -3.86. The van der Waals surface area contributed by atoms with Gasteiger partial charge in [0.15, 0.2) is 0 Å². The number of pyridine rings is 1. The molecule has 2 rings (SSSR count). The largest absolute Gasteiger partial charge is 0.273 e. The van der Waals surface area contributed by atoms with Crippen LogP contribution in [-0.4, -0.2) is 28.6 Å². The zero-order valence-corrected chi connectivity index (χ0v) is 9.19. The molecule has 84 valence electrons. The van der Waals surface area contributed by atoms with Gasteiger partial charge in [0.1, 0.15) is 5.69 Å². The summed E-state index contributed by atoms with van der Waals surface area (Å²) >= 11 is 0. The summed E-state index contributed by atoms with van der Waals surface area (Å²) in [5.41, 5.74) is 1.37. The number of aryl methyl sites for hydroxylation is 1. The molecule has 0 aliphatic rings. The Morgan fingerprint density at radius 3 is 2.75 bits per heavy atom. The Kier molecular flexibility index (Phi) is 2.44. The Balaban J connectivity index is 2.52. The number of hydrogen-bond acceptors (Lipinski definition) is 5. The smallest absolute Gasteiger partial charge is 0.253 e. The van der Waals surface area contributed by atoms with Crippen LogP contribution in [0, 0.1) is 6.92 Å². The van der Waals surface area contributed by atoms with E-state index in [2.05, 4.69) is 20.2 Å². The second-order valence-corrected chi connectivity index (χ2v) is 4.65. The van der Waals surface area contributed by atoms with Crippen molar-refractivity contribution in [3.63, 3.8) is 0 Å². The number of nitrogens with one attached hydrogen (secondary N) is 1. The first kappa shape index (κ1) is 10.7. The van der Waals surface area contributed by atoms with Gasteiger partial charge >= 0.3 is 0 Å². The van der Waals surface area contributed by atoms with Crippen LogP contribution in [0.25, 0.3) is 11.5 Å². The van der Waals surface area contributed by atoms with Crippen LogP contribution >= 0.6 is 0 Å². The lowest BCUT2D eigenvalue weighted by atomic mass is 10.2. The molecule has 3 N–H and O–H groups in total. The van der Waals surface area contributed by atoms with E-state index in [1.54, 1.807) is 12.3 Å². The van der Waals surface area contributed by atoms with Gasteiger partial charge in [0, 0.05) is 6.20 Å². The average Bonchev–Trinajstić information content (AvgIpc) is 2.66. The summed E-state index contributed by atoms with van der Waals surface area (Å²) in [6, 6.07) is 3.60. The Bertz CT molecular complexity index is 619. The van der Waals surface area contributed by atoms with E-state index in [1.165, 1.54) is 0 Å². The highest BCUT2D eigenvalue weighted by Crippen LogP contribution is 2.16. The van der Waals surface area contributed by atoms with Crippen LogP contribution in [0.3, 0.4) is 0 Å². The zero-order valence-electron chi connectivity index (χ0n) is 8.38. The summed E-state index contributed by atoms with van der Waals surface area (Å²) < 4.78 is 22.0. The van der Waals surface area contributed by atoms with Crippen LogP contribution in [0.5, 0.6) is 0 Å². The molecule has 16 heavy (non-hydrogen) atoms. The monoisotopic (exact) mass is 239 g/mol. The van der Waals surface area contributed by atoms with Gasteiger partial charge in [-0.25, -0.2) is 18.7 Å². The van der Waals surface area contributed by atoms with Crippen LogP contribution in [0.15, 0.2) is 23.5 Å². The maximum absolute atomic E-state index is 11.0. The van der Waals surface area contributed by atoms with E-state index in [0.717, 1.165) is 5.56 Å². The third kappa shape index (κ3) is 1.92. The molecule has 8 heteroatoms. The Morgan fingerprint density at radius 2 is 2.19 bits per heavy atom. The van der Waals surface area contributed by atoms with E-state index in [-0.39, 0.29) is 11.0 Å². The molecule has 7 nitrogen and oxygen atoms in total. The highest BCUT2D eigenvalue weighted by atomic mass is 32.2. The fraction of sp³-hybridized carbons (Fsp3) is 0.125. The quantitative estimate of drug-likeness (QED) is 0.754. The summed E-state index contributed by atoms with van der Waals surface area (Å²) in [5.74, 6) is 0.210. The molecule has 0 aliphatic carbocycles. The summed E-state index contributed by atoms with van der Waals surface area (Å²) in [6.45, 7) is 1.83. The predicted octanol–water partition coefficient (Wildman–Crippen LogP) is -0.177. The minimum absolute atomic E-state index is 0.210. The number of primary sulfonamides is 1. The summed E-state index contributed by atoms with van der Waals surface area (Å²) in [6.07, 6.45) is 1.58. The van der Waals surface area contributed by atoms with E-state index < -0.39 is 10.0 Å². The van der Waals surface area contributed by atoms with Crippen LogP contribution in [0.1, 0.15) is 5.56 Å². The molecule has 2 aromatic rings. The van der Waals surface area contributed by atoms with Gasteiger partial charge in [-0.1, -0.05) is 6.07 Å². The zero-order chi connectivity index (χ0) is 11.8. The van der Waals surface area contributed by atoms with E-state index in [4.69, 9.17) is 5.14 Å². The van der Waals surface area contributed by atoms with E-state index in [9.17, 15) is 8.42 Å². The molecule has 2 heterocycles. The van der Waals surface area contributed by atoms with Crippen LogP contribution < -0.4 is 5.14 Å². The minimum Gasteiger partial charge on any atom is -0.253 e.